The Bertz CT molecular complexity index is 662. The van der Waals surface area contributed by atoms with Gasteiger partial charge in [-0.3, -0.25) is 0 Å². The third kappa shape index (κ3) is 2.34. The van der Waals surface area contributed by atoms with Crippen LogP contribution in [0.4, 0.5) is 5.69 Å². The first-order chi connectivity index (χ1) is 10.3. The second-order valence-electron chi connectivity index (χ2n) is 6.34. The highest BCUT2D eigenvalue weighted by Gasteiger charge is 2.25. The fourth-order valence-electron chi connectivity index (χ4n) is 3.70. The summed E-state index contributed by atoms with van der Waals surface area (Å²) < 4.78 is 0. The standard InChI is InChI=1S/C19H22N2/c1-14-10-17-4-2-3-5-19(17)21(14)13-15-6-7-16-8-9-20-12-18(16)11-15/h2-7,11,14,20H,8-10,12-13H2,1H3. The molecule has 2 heteroatoms. The molecule has 2 aliphatic heterocycles. The lowest BCUT2D eigenvalue weighted by Gasteiger charge is -2.26. The molecule has 108 valence electrons. The zero-order valence-electron chi connectivity index (χ0n) is 12.6. The van der Waals surface area contributed by atoms with Crippen LogP contribution in [0.1, 0.15) is 29.2 Å². The topological polar surface area (TPSA) is 15.3 Å². The molecule has 0 aromatic heterocycles. The average molecular weight is 278 g/mol. The van der Waals surface area contributed by atoms with Crippen LogP contribution < -0.4 is 10.2 Å². The van der Waals surface area contributed by atoms with Gasteiger partial charge in [0, 0.05) is 24.8 Å². The van der Waals surface area contributed by atoms with Gasteiger partial charge in [0.25, 0.3) is 0 Å². The average Bonchev–Trinajstić information content (AvgIpc) is 2.83. The molecule has 2 nitrogen and oxygen atoms in total. The van der Waals surface area contributed by atoms with E-state index in [0.717, 1.165) is 19.6 Å². The summed E-state index contributed by atoms with van der Waals surface area (Å²) in [6, 6.07) is 16.5. The van der Waals surface area contributed by atoms with Crippen molar-refractivity contribution in [1.29, 1.82) is 0 Å². The molecule has 2 aromatic rings. The zero-order valence-corrected chi connectivity index (χ0v) is 12.6. The molecule has 0 aliphatic carbocycles. The molecule has 2 heterocycles. The fraction of sp³-hybridized carbons (Fsp3) is 0.368. The van der Waals surface area contributed by atoms with Crippen molar-refractivity contribution >= 4 is 5.69 Å². The molecule has 0 spiro atoms. The van der Waals surface area contributed by atoms with Crippen LogP contribution in [0.3, 0.4) is 0 Å². The quantitative estimate of drug-likeness (QED) is 0.907. The van der Waals surface area contributed by atoms with Crippen molar-refractivity contribution in [1.82, 2.24) is 5.32 Å². The molecule has 1 atom stereocenters. The van der Waals surface area contributed by atoms with Gasteiger partial charge in [-0.05, 0) is 54.6 Å². The lowest BCUT2D eigenvalue weighted by Crippen LogP contribution is -2.29. The summed E-state index contributed by atoms with van der Waals surface area (Å²) in [7, 11) is 0. The minimum atomic E-state index is 0.594. The minimum absolute atomic E-state index is 0.594. The predicted molar refractivity (Wildman–Crippen MR) is 87.6 cm³/mol. The second kappa shape index (κ2) is 5.19. The lowest BCUT2D eigenvalue weighted by atomic mass is 9.98. The summed E-state index contributed by atoms with van der Waals surface area (Å²) in [5, 5.41) is 3.47. The third-order valence-electron chi connectivity index (χ3n) is 4.86. The van der Waals surface area contributed by atoms with Crippen molar-refractivity contribution in [2.75, 3.05) is 11.4 Å². The van der Waals surface area contributed by atoms with Crippen LogP contribution in [0, 0.1) is 0 Å². The maximum atomic E-state index is 3.47. The van der Waals surface area contributed by atoms with Crippen LogP contribution in [-0.4, -0.2) is 12.6 Å². The Balaban J connectivity index is 1.61. The van der Waals surface area contributed by atoms with E-state index in [1.807, 2.05) is 0 Å². The first-order valence-corrected chi connectivity index (χ1v) is 7.97. The molecular formula is C19H22N2. The molecule has 1 unspecified atom stereocenters. The number of hydrogen-bond donors (Lipinski definition) is 1. The van der Waals surface area contributed by atoms with Gasteiger partial charge in [-0.1, -0.05) is 36.4 Å². The van der Waals surface area contributed by atoms with Crippen LogP contribution in [0.25, 0.3) is 0 Å². The maximum absolute atomic E-state index is 3.47. The van der Waals surface area contributed by atoms with E-state index >= 15 is 0 Å². The van der Waals surface area contributed by atoms with Crippen molar-refractivity contribution in [2.24, 2.45) is 0 Å². The zero-order chi connectivity index (χ0) is 14.2. The van der Waals surface area contributed by atoms with Crippen molar-refractivity contribution in [2.45, 2.75) is 38.9 Å². The third-order valence-corrected chi connectivity index (χ3v) is 4.86. The van der Waals surface area contributed by atoms with Gasteiger partial charge in [-0.25, -0.2) is 0 Å². The van der Waals surface area contributed by atoms with Gasteiger partial charge in [0.1, 0.15) is 0 Å². The Labute approximate surface area is 126 Å². The van der Waals surface area contributed by atoms with Crippen LogP contribution >= 0.6 is 0 Å². The summed E-state index contributed by atoms with van der Waals surface area (Å²) in [6.07, 6.45) is 2.33. The van der Waals surface area contributed by atoms with E-state index in [0.29, 0.717) is 6.04 Å². The molecule has 2 aromatic carbocycles. The number of nitrogens with zero attached hydrogens (tertiary/aromatic N) is 1. The van der Waals surface area contributed by atoms with Gasteiger partial charge in [0.2, 0.25) is 0 Å². The number of fused-ring (bicyclic) bond motifs is 2. The van der Waals surface area contributed by atoms with Crippen molar-refractivity contribution in [3.05, 3.63) is 64.7 Å². The first-order valence-electron chi connectivity index (χ1n) is 7.97. The first kappa shape index (κ1) is 12.9. The van der Waals surface area contributed by atoms with E-state index in [9.17, 15) is 0 Å². The van der Waals surface area contributed by atoms with Gasteiger partial charge in [-0.2, -0.15) is 0 Å². The van der Waals surface area contributed by atoms with E-state index in [1.54, 1.807) is 0 Å². The Morgan fingerprint density at radius 2 is 2.00 bits per heavy atom. The van der Waals surface area contributed by atoms with E-state index < -0.39 is 0 Å². The second-order valence-corrected chi connectivity index (χ2v) is 6.34. The number of hydrogen-bond acceptors (Lipinski definition) is 2. The van der Waals surface area contributed by atoms with Gasteiger partial charge < -0.3 is 10.2 Å². The molecule has 21 heavy (non-hydrogen) atoms. The number of para-hydroxylation sites is 1. The van der Waals surface area contributed by atoms with Crippen LogP contribution in [0.5, 0.6) is 0 Å². The summed E-state index contributed by atoms with van der Waals surface area (Å²) >= 11 is 0. The molecule has 0 saturated heterocycles. The fourth-order valence-corrected chi connectivity index (χ4v) is 3.70. The molecule has 0 radical (unpaired) electrons. The molecule has 2 aliphatic rings. The predicted octanol–water partition coefficient (Wildman–Crippen LogP) is 3.28. The van der Waals surface area contributed by atoms with E-state index in [2.05, 4.69) is 59.6 Å². The number of benzene rings is 2. The SMILES string of the molecule is CC1Cc2ccccc2N1Cc1ccc2c(c1)CNCC2. The molecule has 0 bridgehead atoms. The summed E-state index contributed by atoms with van der Waals surface area (Å²) in [6.45, 7) is 5.49. The van der Waals surface area contributed by atoms with Crippen molar-refractivity contribution in [3.63, 3.8) is 0 Å². The highest BCUT2D eigenvalue weighted by Crippen LogP contribution is 2.33. The van der Waals surface area contributed by atoms with Crippen LogP contribution in [0.2, 0.25) is 0 Å². The van der Waals surface area contributed by atoms with Gasteiger partial charge in [-0.15, -0.1) is 0 Å². The number of rotatable bonds is 2. The monoisotopic (exact) mass is 278 g/mol. The Kier molecular flexibility index (Phi) is 3.19. The maximum Gasteiger partial charge on any atom is 0.0432 e. The highest BCUT2D eigenvalue weighted by molar-refractivity contribution is 5.59. The van der Waals surface area contributed by atoms with E-state index in [4.69, 9.17) is 0 Å². The Morgan fingerprint density at radius 1 is 1.10 bits per heavy atom. The highest BCUT2D eigenvalue weighted by atomic mass is 15.2. The van der Waals surface area contributed by atoms with Gasteiger partial charge in [0.05, 0.1) is 0 Å². The molecule has 0 fully saturated rings. The Hall–Kier alpha value is -1.80. The normalized spacial score (nSPS) is 20.2. The van der Waals surface area contributed by atoms with Crippen molar-refractivity contribution < 1.29 is 0 Å². The largest absolute Gasteiger partial charge is 0.364 e. The number of anilines is 1. The summed E-state index contributed by atoms with van der Waals surface area (Å²) in [5.74, 6) is 0. The molecule has 0 amide bonds. The molecule has 1 N–H and O–H groups in total. The Morgan fingerprint density at radius 3 is 2.95 bits per heavy atom. The molecule has 0 saturated carbocycles. The van der Waals surface area contributed by atoms with Crippen molar-refractivity contribution in [3.8, 4) is 0 Å². The smallest absolute Gasteiger partial charge is 0.0432 e. The minimum Gasteiger partial charge on any atom is -0.364 e. The summed E-state index contributed by atoms with van der Waals surface area (Å²) in [5.41, 5.74) is 7.35. The van der Waals surface area contributed by atoms with Crippen LogP contribution in [0.15, 0.2) is 42.5 Å². The summed E-state index contributed by atoms with van der Waals surface area (Å²) in [4.78, 5) is 2.55. The van der Waals surface area contributed by atoms with E-state index in [1.165, 1.54) is 40.8 Å². The molecule has 4 rings (SSSR count). The van der Waals surface area contributed by atoms with Gasteiger partial charge in [0.15, 0.2) is 0 Å². The van der Waals surface area contributed by atoms with Crippen LogP contribution in [-0.2, 0) is 25.9 Å². The lowest BCUT2D eigenvalue weighted by molar-refractivity contribution is 0.639. The number of nitrogens with one attached hydrogen (secondary N) is 1. The van der Waals surface area contributed by atoms with E-state index in [-0.39, 0.29) is 0 Å². The van der Waals surface area contributed by atoms with Gasteiger partial charge >= 0.3 is 0 Å². The molecular weight excluding hydrogens is 256 g/mol.